The van der Waals surface area contributed by atoms with Gasteiger partial charge in [-0.3, -0.25) is 10.1 Å². The van der Waals surface area contributed by atoms with E-state index >= 15 is 0 Å². The predicted molar refractivity (Wildman–Crippen MR) is 59.9 cm³/mol. The molecule has 0 fully saturated rings. The summed E-state index contributed by atoms with van der Waals surface area (Å²) in [6.07, 6.45) is 2.02. The Hall–Kier alpha value is -0.900. The molecule has 0 bridgehead atoms. The minimum atomic E-state index is -0.360. The van der Waals surface area contributed by atoms with Gasteiger partial charge in [-0.25, -0.2) is 0 Å². The van der Waals surface area contributed by atoms with Gasteiger partial charge < -0.3 is 0 Å². The normalized spacial score (nSPS) is 10.1. The molecule has 0 unspecified atom stereocenters. The Bertz CT molecular complexity index is 339. The number of halogens is 1. The first-order valence-electron chi connectivity index (χ1n) is 4.45. The van der Waals surface area contributed by atoms with E-state index < -0.39 is 0 Å². The smallest absolute Gasteiger partial charge is 0.258 e. The van der Waals surface area contributed by atoms with E-state index in [4.69, 9.17) is 0 Å². The molecular weight excluding hydrogens is 246 g/mol. The maximum absolute atomic E-state index is 10.5. The van der Waals surface area contributed by atoms with Crippen LogP contribution < -0.4 is 0 Å². The molecule has 3 nitrogen and oxygen atoms in total. The largest absolute Gasteiger partial charge is 0.269 e. The predicted octanol–water partition coefficient (Wildman–Crippen LogP) is 3.23. The lowest BCUT2D eigenvalue weighted by molar-refractivity contribution is -0.384. The third kappa shape index (κ3) is 2.80. The maximum Gasteiger partial charge on any atom is 0.269 e. The Labute approximate surface area is 91.4 Å². The Kier molecular flexibility index (Phi) is 4.07. The highest BCUT2D eigenvalue weighted by Crippen LogP contribution is 2.18. The number of hydrogen-bond acceptors (Lipinski definition) is 2. The molecule has 0 aliphatic rings. The Morgan fingerprint density at radius 2 is 2.21 bits per heavy atom. The summed E-state index contributed by atoms with van der Waals surface area (Å²) in [4.78, 5) is 10.1. The van der Waals surface area contributed by atoms with Gasteiger partial charge >= 0.3 is 0 Å². The Morgan fingerprint density at radius 1 is 1.50 bits per heavy atom. The lowest BCUT2D eigenvalue weighted by atomic mass is 10.0. The second-order valence-corrected chi connectivity index (χ2v) is 3.95. The highest BCUT2D eigenvalue weighted by Gasteiger charge is 2.07. The molecular formula is C10H12BrNO2. The third-order valence-corrected chi connectivity index (χ3v) is 2.68. The summed E-state index contributed by atoms with van der Waals surface area (Å²) < 4.78 is 0. The van der Waals surface area contributed by atoms with Gasteiger partial charge in [0.1, 0.15) is 0 Å². The zero-order valence-electron chi connectivity index (χ0n) is 8.00. The molecule has 0 aromatic heterocycles. The van der Waals surface area contributed by atoms with Crippen molar-refractivity contribution in [2.45, 2.75) is 19.8 Å². The maximum atomic E-state index is 10.5. The van der Waals surface area contributed by atoms with Crippen LogP contribution in [0.2, 0.25) is 0 Å². The number of nitro benzene ring substituents is 1. The van der Waals surface area contributed by atoms with Crippen molar-refractivity contribution in [3.8, 4) is 0 Å². The minimum absolute atomic E-state index is 0.171. The summed E-state index contributed by atoms with van der Waals surface area (Å²) in [7, 11) is 0. The van der Waals surface area contributed by atoms with Gasteiger partial charge in [-0.05, 0) is 30.9 Å². The molecule has 0 atom stereocenters. The van der Waals surface area contributed by atoms with Crippen molar-refractivity contribution in [1.82, 2.24) is 0 Å². The summed E-state index contributed by atoms with van der Waals surface area (Å²) in [6.45, 7) is 1.91. The first-order chi connectivity index (χ1) is 6.65. The van der Waals surface area contributed by atoms with E-state index in [0.717, 1.165) is 23.7 Å². The van der Waals surface area contributed by atoms with Crippen LogP contribution in [0.5, 0.6) is 0 Å². The van der Waals surface area contributed by atoms with Gasteiger partial charge in [0.15, 0.2) is 0 Å². The van der Waals surface area contributed by atoms with Crippen molar-refractivity contribution in [2.75, 3.05) is 5.33 Å². The molecule has 0 aliphatic carbocycles. The van der Waals surface area contributed by atoms with Gasteiger partial charge in [0.05, 0.1) is 4.92 Å². The van der Waals surface area contributed by atoms with Crippen LogP contribution in [-0.2, 0) is 6.42 Å². The summed E-state index contributed by atoms with van der Waals surface area (Å²) in [5.74, 6) is 0. The fourth-order valence-electron chi connectivity index (χ4n) is 1.33. The quantitative estimate of drug-likeness (QED) is 0.472. The fourth-order valence-corrected chi connectivity index (χ4v) is 1.61. The van der Waals surface area contributed by atoms with E-state index in [0.29, 0.717) is 0 Å². The van der Waals surface area contributed by atoms with Crippen molar-refractivity contribution >= 4 is 21.6 Å². The molecule has 0 aliphatic heterocycles. The second-order valence-electron chi connectivity index (χ2n) is 3.16. The molecule has 0 amide bonds. The van der Waals surface area contributed by atoms with Crippen LogP contribution in [0.3, 0.4) is 0 Å². The highest BCUT2D eigenvalue weighted by molar-refractivity contribution is 9.09. The van der Waals surface area contributed by atoms with E-state index in [9.17, 15) is 10.1 Å². The number of nitro groups is 1. The van der Waals surface area contributed by atoms with Gasteiger partial charge in [0.2, 0.25) is 0 Å². The van der Waals surface area contributed by atoms with E-state index in [2.05, 4.69) is 15.9 Å². The molecule has 1 rings (SSSR count). The molecule has 0 radical (unpaired) electrons. The van der Waals surface area contributed by atoms with Crippen LogP contribution in [0, 0.1) is 17.0 Å². The van der Waals surface area contributed by atoms with Crippen molar-refractivity contribution < 1.29 is 4.92 Å². The van der Waals surface area contributed by atoms with Gasteiger partial charge in [0, 0.05) is 17.5 Å². The number of benzene rings is 1. The number of nitrogens with zero attached hydrogens (tertiary/aromatic N) is 1. The molecule has 76 valence electrons. The van der Waals surface area contributed by atoms with Crippen molar-refractivity contribution in [3.63, 3.8) is 0 Å². The van der Waals surface area contributed by atoms with E-state index in [1.165, 1.54) is 5.56 Å². The average molecular weight is 258 g/mol. The van der Waals surface area contributed by atoms with Crippen LogP contribution in [0.25, 0.3) is 0 Å². The van der Waals surface area contributed by atoms with Gasteiger partial charge in [-0.2, -0.15) is 0 Å². The van der Waals surface area contributed by atoms with Gasteiger partial charge in [0.25, 0.3) is 5.69 Å². The standard InChI is InChI=1S/C10H12BrNO2/c1-8-7-10(12(13)14)5-4-9(8)3-2-6-11/h4-5,7H,2-3,6H2,1H3. The van der Waals surface area contributed by atoms with Crippen LogP contribution >= 0.6 is 15.9 Å². The SMILES string of the molecule is Cc1cc([N+](=O)[O-])ccc1CCCBr. The molecule has 4 heteroatoms. The first-order valence-corrected chi connectivity index (χ1v) is 5.57. The third-order valence-electron chi connectivity index (χ3n) is 2.12. The number of non-ortho nitro benzene ring substituents is 1. The van der Waals surface area contributed by atoms with Crippen LogP contribution in [-0.4, -0.2) is 10.3 Å². The van der Waals surface area contributed by atoms with Crippen molar-refractivity contribution in [2.24, 2.45) is 0 Å². The minimum Gasteiger partial charge on any atom is -0.258 e. The van der Waals surface area contributed by atoms with Crippen molar-refractivity contribution in [3.05, 3.63) is 39.4 Å². The molecule has 0 saturated heterocycles. The summed E-state index contributed by atoms with van der Waals surface area (Å²) >= 11 is 3.36. The monoisotopic (exact) mass is 257 g/mol. The molecule has 0 N–H and O–H groups in total. The van der Waals surface area contributed by atoms with Crippen LogP contribution in [0.4, 0.5) is 5.69 Å². The molecule has 1 aromatic carbocycles. The van der Waals surface area contributed by atoms with Gasteiger partial charge in [-0.15, -0.1) is 0 Å². The Balaban J connectivity index is 2.84. The second kappa shape index (κ2) is 5.10. The van der Waals surface area contributed by atoms with Crippen molar-refractivity contribution in [1.29, 1.82) is 0 Å². The van der Waals surface area contributed by atoms with Gasteiger partial charge in [-0.1, -0.05) is 22.0 Å². The fraction of sp³-hybridized carbons (Fsp3) is 0.400. The number of rotatable bonds is 4. The van der Waals surface area contributed by atoms with Crippen LogP contribution in [0.15, 0.2) is 18.2 Å². The zero-order valence-corrected chi connectivity index (χ0v) is 9.58. The van der Waals surface area contributed by atoms with Crippen LogP contribution in [0.1, 0.15) is 17.5 Å². The number of hydrogen-bond donors (Lipinski definition) is 0. The number of aryl methyl sites for hydroxylation is 2. The highest BCUT2D eigenvalue weighted by atomic mass is 79.9. The molecule has 14 heavy (non-hydrogen) atoms. The molecule has 0 spiro atoms. The average Bonchev–Trinajstić information content (AvgIpc) is 2.15. The lowest BCUT2D eigenvalue weighted by Gasteiger charge is -2.03. The molecule has 0 heterocycles. The molecule has 0 saturated carbocycles. The van der Waals surface area contributed by atoms with E-state index in [1.807, 2.05) is 13.0 Å². The first kappa shape index (κ1) is 11.2. The lowest BCUT2D eigenvalue weighted by Crippen LogP contribution is -1.93. The van der Waals surface area contributed by atoms with E-state index in [-0.39, 0.29) is 10.6 Å². The summed E-state index contributed by atoms with van der Waals surface area (Å²) in [5, 5.41) is 11.4. The summed E-state index contributed by atoms with van der Waals surface area (Å²) in [6, 6.07) is 5.04. The molecule has 1 aromatic rings. The Morgan fingerprint density at radius 3 is 2.71 bits per heavy atom. The van der Waals surface area contributed by atoms with E-state index in [1.54, 1.807) is 12.1 Å². The number of alkyl halides is 1. The summed E-state index contributed by atoms with van der Waals surface area (Å²) in [5.41, 5.74) is 2.36. The topological polar surface area (TPSA) is 43.1 Å². The zero-order chi connectivity index (χ0) is 10.6.